The summed E-state index contributed by atoms with van der Waals surface area (Å²) in [6.07, 6.45) is 1.69. The van der Waals surface area contributed by atoms with Crippen LogP contribution in [0.4, 0.5) is 0 Å². The van der Waals surface area contributed by atoms with E-state index in [1.807, 2.05) is 0 Å². The second-order valence-corrected chi connectivity index (χ2v) is 1.51. The first-order valence-corrected chi connectivity index (χ1v) is 2.52. The Hall–Kier alpha value is -0.380. The molecule has 0 aliphatic heterocycles. The molecule has 0 fully saturated rings. The molecule has 0 aliphatic rings. The Balaban J connectivity index is 3.03. The van der Waals surface area contributed by atoms with Crippen LogP contribution >= 0.6 is 0 Å². The van der Waals surface area contributed by atoms with Crippen molar-refractivity contribution in [2.24, 2.45) is 5.84 Å². The maximum Gasteiger partial charge on any atom is 0.0572 e. The summed E-state index contributed by atoms with van der Waals surface area (Å²) in [4.78, 5) is 0. The van der Waals surface area contributed by atoms with Crippen LogP contribution in [-0.4, -0.2) is 29.8 Å². The molecule has 8 heavy (non-hydrogen) atoms. The molecule has 3 heteroatoms. The van der Waals surface area contributed by atoms with Gasteiger partial charge < -0.3 is 5.11 Å². The highest BCUT2D eigenvalue weighted by atomic mass is 16.3. The third kappa shape index (κ3) is 3.80. The fourth-order valence-electron chi connectivity index (χ4n) is 0.386. The Bertz CT molecular complexity index is 65.4. The van der Waals surface area contributed by atoms with E-state index in [9.17, 15) is 0 Å². The highest BCUT2D eigenvalue weighted by Crippen LogP contribution is 1.73. The first-order valence-electron chi connectivity index (χ1n) is 2.52. The first-order chi connectivity index (χ1) is 3.81. The van der Waals surface area contributed by atoms with Gasteiger partial charge >= 0.3 is 0 Å². The second kappa shape index (κ2) is 4.77. The number of nitrogens with two attached hydrogens (primary N) is 1. The molecule has 0 radical (unpaired) electrons. The molecule has 3 N–H and O–H groups in total. The Kier molecular flexibility index (Phi) is 4.54. The summed E-state index contributed by atoms with van der Waals surface area (Å²) in [6, 6.07) is 0. The molecule has 0 aromatic heterocycles. The van der Waals surface area contributed by atoms with Gasteiger partial charge in [0.25, 0.3) is 0 Å². The number of hydrogen-bond donors (Lipinski definition) is 2. The molecule has 0 saturated carbocycles. The normalized spacial score (nSPS) is 9.88. The van der Waals surface area contributed by atoms with Crippen LogP contribution in [0.1, 0.15) is 0 Å². The molecule has 0 unspecified atom stereocenters. The predicted molar refractivity (Wildman–Crippen MR) is 33.0 cm³/mol. The van der Waals surface area contributed by atoms with Crippen LogP contribution in [0.3, 0.4) is 0 Å². The van der Waals surface area contributed by atoms with E-state index in [0.29, 0.717) is 13.1 Å². The summed E-state index contributed by atoms with van der Waals surface area (Å²) in [7, 11) is 0. The van der Waals surface area contributed by atoms with E-state index in [0.717, 1.165) is 0 Å². The van der Waals surface area contributed by atoms with E-state index in [4.69, 9.17) is 10.9 Å². The number of aliphatic hydroxyl groups excluding tert-OH is 1. The van der Waals surface area contributed by atoms with Crippen molar-refractivity contribution in [3.63, 3.8) is 0 Å². The molecule has 0 bridgehead atoms. The molecule has 3 nitrogen and oxygen atoms in total. The van der Waals surface area contributed by atoms with E-state index in [1.54, 1.807) is 6.08 Å². The fraction of sp³-hybridized carbons (Fsp3) is 0.600. The van der Waals surface area contributed by atoms with Crippen molar-refractivity contribution in [2.75, 3.05) is 19.7 Å². The molecule has 0 heterocycles. The molecular formula is C5H12N2O. The van der Waals surface area contributed by atoms with E-state index in [1.165, 1.54) is 5.01 Å². The zero-order valence-electron chi connectivity index (χ0n) is 4.88. The van der Waals surface area contributed by atoms with Gasteiger partial charge in [0.1, 0.15) is 0 Å². The van der Waals surface area contributed by atoms with Gasteiger partial charge in [-0.3, -0.25) is 5.84 Å². The minimum atomic E-state index is 0.102. The lowest BCUT2D eigenvalue weighted by Gasteiger charge is -2.10. The number of nitrogens with zero attached hydrogens (tertiary/aromatic N) is 1. The lowest BCUT2D eigenvalue weighted by atomic mass is 10.5. The lowest BCUT2D eigenvalue weighted by Crippen LogP contribution is -2.33. The van der Waals surface area contributed by atoms with Gasteiger partial charge in [0.15, 0.2) is 0 Å². The molecule has 0 amide bonds. The summed E-state index contributed by atoms with van der Waals surface area (Å²) in [5, 5.41) is 9.80. The average molecular weight is 116 g/mol. The zero-order valence-corrected chi connectivity index (χ0v) is 4.88. The molecule has 0 aromatic carbocycles. The van der Waals surface area contributed by atoms with Crippen LogP contribution in [0.2, 0.25) is 0 Å². The summed E-state index contributed by atoms with van der Waals surface area (Å²) in [5.41, 5.74) is 0. The molecule has 0 atom stereocenters. The Morgan fingerprint density at radius 3 is 2.75 bits per heavy atom. The fourth-order valence-corrected chi connectivity index (χ4v) is 0.386. The van der Waals surface area contributed by atoms with Gasteiger partial charge in [-0.05, 0) is 0 Å². The maximum absolute atomic E-state index is 8.31. The van der Waals surface area contributed by atoms with E-state index < -0.39 is 0 Å². The predicted octanol–water partition coefficient (Wildman–Crippen LogP) is -0.660. The molecular weight excluding hydrogens is 104 g/mol. The first kappa shape index (κ1) is 7.62. The number of aliphatic hydroxyl groups is 1. The highest BCUT2D eigenvalue weighted by Gasteiger charge is 1.89. The van der Waals surface area contributed by atoms with Gasteiger partial charge in [0.2, 0.25) is 0 Å². The molecule has 0 rings (SSSR count). The SMILES string of the molecule is C=CCN(N)CCO. The zero-order chi connectivity index (χ0) is 6.41. The molecule has 0 aliphatic carbocycles. The molecule has 0 aromatic rings. The third-order valence-electron chi connectivity index (χ3n) is 0.751. The lowest BCUT2D eigenvalue weighted by molar-refractivity contribution is 0.211. The standard InChI is InChI=1S/C5H12N2O/c1-2-3-7(6)4-5-8/h2,8H,1,3-6H2. The summed E-state index contributed by atoms with van der Waals surface area (Å²) in [6.45, 7) is 4.71. The van der Waals surface area contributed by atoms with Crippen molar-refractivity contribution >= 4 is 0 Å². The van der Waals surface area contributed by atoms with Crippen LogP contribution < -0.4 is 5.84 Å². The van der Waals surface area contributed by atoms with Gasteiger partial charge in [-0.2, -0.15) is 0 Å². The Labute approximate surface area is 49.4 Å². The van der Waals surface area contributed by atoms with Crippen LogP contribution in [0.15, 0.2) is 12.7 Å². The van der Waals surface area contributed by atoms with Crippen molar-refractivity contribution < 1.29 is 5.11 Å². The summed E-state index contributed by atoms with van der Waals surface area (Å²) in [5.74, 6) is 5.30. The second-order valence-electron chi connectivity index (χ2n) is 1.51. The number of hydrazine groups is 1. The van der Waals surface area contributed by atoms with Crippen molar-refractivity contribution in [1.29, 1.82) is 0 Å². The van der Waals surface area contributed by atoms with Crippen LogP contribution in [0.5, 0.6) is 0 Å². The van der Waals surface area contributed by atoms with E-state index >= 15 is 0 Å². The van der Waals surface area contributed by atoms with Crippen molar-refractivity contribution in [1.82, 2.24) is 5.01 Å². The van der Waals surface area contributed by atoms with Crippen molar-refractivity contribution in [2.45, 2.75) is 0 Å². The summed E-state index contributed by atoms with van der Waals surface area (Å²) >= 11 is 0. The monoisotopic (exact) mass is 116 g/mol. The van der Waals surface area contributed by atoms with Gasteiger partial charge in [-0.1, -0.05) is 6.08 Å². The molecule has 48 valence electrons. The largest absolute Gasteiger partial charge is 0.395 e. The van der Waals surface area contributed by atoms with Crippen molar-refractivity contribution in [3.8, 4) is 0 Å². The Morgan fingerprint density at radius 1 is 1.75 bits per heavy atom. The molecule has 0 spiro atoms. The van der Waals surface area contributed by atoms with Gasteiger partial charge in [-0.25, -0.2) is 5.01 Å². The summed E-state index contributed by atoms with van der Waals surface area (Å²) < 4.78 is 0. The topological polar surface area (TPSA) is 49.5 Å². The minimum Gasteiger partial charge on any atom is -0.395 e. The van der Waals surface area contributed by atoms with Gasteiger partial charge in [0, 0.05) is 13.1 Å². The van der Waals surface area contributed by atoms with Crippen molar-refractivity contribution in [3.05, 3.63) is 12.7 Å². The minimum absolute atomic E-state index is 0.102. The Morgan fingerprint density at radius 2 is 2.38 bits per heavy atom. The maximum atomic E-state index is 8.31. The van der Waals surface area contributed by atoms with Gasteiger partial charge in [-0.15, -0.1) is 6.58 Å². The smallest absolute Gasteiger partial charge is 0.0572 e. The van der Waals surface area contributed by atoms with E-state index in [2.05, 4.69) is 6.58 Å². The number of rotatable bonds is 4. The quantitative estimate of drug-likeness (QED) is 0.291. The third-order valence-corrected chi connectivity index (χ3v) is 0.751. The van der Waals surface area contributed by atoms with Crippen LogP contribution in [0, 0.1) is 0 Å². The van der Waals surface area contributed by atoms with Crippen LogP contribution in [-0.2, 0) is 0 Å². The van der Waals surface area contributed by atoms with Crippen LogP contribution in [0.25, 0.3) is 0 Å². The highest BCUT2D eigenvalue weighted by molar-refractivity contribution is 4.69. The van der Waals surface area contributed by atoms with Gasteiger partial charge in [0.05, 0.1) is 6.61 Å². The van der Waals surface area contributed by atoms with E-state index in [-0.39, 0.29) is 6.61 Å². The average Bonchev–Trinajstić information content (AvgIpc) is 1.68. The molecule has 0 saturated heterocycles. The number of hydrogen-bond acceptors (Lipinski definition) is 3.